The monoisotopic (exact) mass is 1630 g/mol. The number of primary amides is 4. The SMILES string of the molecule is C.CC(C)(C(=O)O)C(F)F.CC(C)(CC(=O)N1CCn2nc(-c3ccc(F)c(Cl)c3)c(C(N)=O)c2C1)C(F)F.NC(=O)c1c(-c2ccc(F)c(Cl)c2)nn2c1CCCC2.NC(=O)c1c(-c2ccc(F)c(Cl)c2)nn2c1CNCC2.NC(=O)c1c(I)nn2c1CCCC2.OB(O)c1ccc(F)c(Cl)c1. The van der Waals surface area contributed by atoms with Gasteiger partial charge in [0.05, 0.1) is 84.8 Å². The lowest BCUT2D eigenvalue weighted by Crippen LogP contribution is -2.41. The molecule has 0 saturated heterocycles. The average Bonchev–Trinajstić information content (AvgIpc) is 1.65. The van der Waals surface area contributed by atoms with Gasteiger partial charge in [0.25, 0.3) is 30.1 Å². The first kappa shape index (κ1) is 83.8. The van der Waals surface area contributed by atoms with Gasteiger partial charge in [-0.3, -0.25) is 47.5 Å². The molecule has 23 nitrogen and oxygen atoms in total. The number of nitrogens with two attached hydrogens (primary N) is 4. The molecule has 5 amide bonds. The number of aryl methyl sites for hydroxylation is 2. The van der Waals surface area contributed by atoms with Crippen molar-refractivity contribution in [3.63, 3.8) is 0 Å². The minimum absolute atomic E-state index is 0. The lowest BCUT2D eigenvalue weighted by Gasteiger charge is -2.31. The third-order valence-corrected chi connectivity index (χ3v) is 18.3. The Balaban J connectivity index is 0.000000202. The smallest absolute Gasteiger partial charge is 0.481 e. The van der Waals surface area contributed by atoms with Crippen LogP contribution >= 0.6 is 69.0 Å². The largest absolute Gasteiger partial charge is 0.488 e. The van der Waals surface area contributed by atoms with Crippen LogP contribution in [0.3, 0.4) is 0 Å². The zero-order valence-corrected chi connectivity index (χ0v) is 60.0. The summed E-state index contributed by atoms with van der Waals surface area (Å²) in [5.41, 5.74) is 25.9. The van der Waals surface area contributed by atoms with E-state index >= 15 is 0 Å². The van der Waals surface area contributed by atoms with Crippen molar-refractivity contribution in [1.82, 2.24) is 49.3 Å². The maximum atomic E-state index is 13.5. The number of fused-ring (bicyclic) bond motifs is 4. The first-order valence-corrected chi connectivity index (χ1v) is 33.6. The van der Waals surface area contributed by atoms with Crippen LogP contribution in [0.4, 0.5) is 35.1 Å². The Hall–Kier alpha value is -8.19. The molecule has 4 aliphatic heterocycles. The number of aromatic nitrogens is 8. The number of rotatable bonds is 13. The topological polar surface area (TPSA) is 354 Å². The molecule has 8 heterocycles. The molecule has 8 aromatic rings. The first-order chi connectivity index (χ1) is 47.9. The van der Waals surface area contributed by atoms with Crippen LogP contribution in [0, 0.1) is 37.8 Å². The molecular formula is C66H72BCl4F8IN14O9. The molecule has 4 aromatic heterocycles. The van der Waals surface area contributed by atoms with E-state index in [0.717, 1.165) is 105 Å². The van der Waals surface area contributed by atoms with Crippen molar-refractivity contribution in [2.75, 3.05) is 13.1 Å². The van der Waals surface area contributed by atoms with E-state index in [-0.39, 0.29) is 76.2 Å². The Kier molecular flexibility index (Phi) is 29.3. The van der Waals surface area contributed by atoms with Gasteiger partial charge in [0, 0.05) is 61.2 Å². The number of hydrogen-bond acceptors (Lipinski definition) is 13. The first-order valence-electron chi connectivity index (χ1n) is 31.0. The molecule has 103 heavy (non-hydrogen) atoms. The second kappa shape index (κ2) is 36.0. The zero-order chi connectivity index (χ0) is 75.6. The van der Waals surface area contributed by atoms with Crippen molar-refractivity contribution in [1.29, 1.82) is 0 Å². The molecule has 12 rings (SSSR count). The van der Waals surface area contributed by atoms with Gasteiger partial charge in [0.15, 0.2) is 0 Å². The summed E-state index contributed by atoms with van der Waals surface area (Å²) < 4.78 is 110. The lowest BCUT2D eigenvalue weighted by atomic mass is 9.80. The number of nitrogens with zero attached hydrogens (tertiary/aromatic N) is 9. The van der Waals surface area contributed by atoms with Crippen LogP contribution in [0.5, 0.6) is 0 Å². The van der Waals surface area contributed by atoms with E-state index in [1.807, 2.05) is 9.36 Å². The highest BCUT2D eigenvalue weighted by Crippen LogP contribution is 2.36. The van der Waals surface area contributed by atoms with Gasteiger partial charge in [0.1, 0.15) is 49.5 Å². The highest BCUT2D eigenvalue weighted by molar-refractivity contribution is 14.1. The van der Waals surface area contributed by atoms with Crippen LogP contribution < -0.4 is 33.7 Å². The van der Waals surface area contributed by atoms with Crippen molar-refractivity contribution in [2.24, 2.45) is 33.8 Å². The highest BCUT2D eigenvalue weighted by atomic mass is 127. The third-order valence-electron chi connectivity index (χ3n) is 16.4. The number of aliphatic carboxylic acids is 1. The Labute approximate surface area is 619 Å². The maximum absolute atomic E-state index is 13.5. The summed E-state index contributed by atoms with van der Waals surface area (Å²) in [4.78, 5) is 70.7. The third kappa shape index (κ3) is 20.4. The van der Waals surface area contributed by atoms with Crippen molar-refractivity contribution >= 4 is 117 Å². The van der Waals surface area contributed by atoms with Gasteiger partial charge in [-0.25, -0.2) is 35.1 Å². The second-order valence-electron chi connectivity index (χ2n) is 24.6. The number of carbonyl (C=O) groups is 6. The van der Waals surface area contributed by atoms with Gasteiger partial charge in [0.2, 0.25) is 12.3 Å². The number of alkyl halides is 4. The van der Waals surface area contributed by atoms with Crippen LogP contribution in [0.15, 0.2) is 72.8 Å². The fourth-order valence-corrected chi connectivity index (χ4v) is 12.2. The molecule has 0 fully saturated rings. The summed E-state index contributed by atoms with van der Waals surface area (Å²) >= 11 is 24.8. The molecule has 0 saturated carbocycles. The summed E-state index contributed by atoms with van der Waals surface area (Å²) in [6, 6.07) is 16.0. The Morgan fingerprint density at radius 2 is 0.932 bits per heavy atom. The van der Waals surface area contributed by atoms with Crippen LogP contribution in [0.1, 0.15) is 131 Å². The minimum Gasteiger partial charge on any atom is -0.481 e. The van der Waals surface area contributed by atoms with Crippen LogP contribution in [0.2, 0.25) is 20.1 Å². The summed E-state index contributed by atoms with van der Waals surface area (Å²) in [5, 5.41) is 45.8. The van der Waals surface area contributed by atoms with Crippen LogP contribution in [0.25, 0.3) is 33.8 Å². The molecule has 12 N–H and O–H groups in total. The van der Waals surface area contributed by atoms with E-state index in [1.165, 1.54) is 73.3 Å². The average molecular weight is 1640 g/mol. The number of halogens is 13. The van der Waals surface area contributed by atoms with Gasteiger partial charge >= 0.3 is 13.1 Å². The molecule has 0 radical (unpaired) electrons. The summed E-state index contributed by atoms with van der Waals surface area (Å²) in [6.45, 7) is 8.81. The molecule has 0 bridgehead atoms. The van der Waals surface area contributed by atoms with Crippen LogP contribution in [-0.4, -0.2) is 128 Å². The molecular weight excluding hydrogens is 1560 g/mol. The predicted molar refractivity (Wildman–Crippen MR) is 380 cm³/mol. The van der Waals surface area contributed by atoms with Gasteiger partial charge in [-0.2, -0.15) is 20.4 Å². The van der Waals surface area contributed by atoms with E-state index in [4.69, 9.17) is 84.5 Å². The predicted octanol–water partition coefficient (Wildman–Crippen LogP) is 10.9. The Morgan fingerprint density at radius 1 is 0.544 bits per heavy atom. The highest BCUT2D eigenvalue weighted by Gasteiger charge is 2.39. The summed E-state index contributed by atoms with van der Waals surface area (Å²) in [7, 11) is -1.60. The van der Waals surface area contributed by atoms with Gasteiger partial charge < -0.3 is 48.3 Å². The molecule has 0 atom stereocenters. The maximum Gasteiger partial charge on any atom is 0.488 e. The zero-order valence-electron chi connectivity index (χ0n) is 54.8. The van der Waals surface area contributed by atoms with Gasteiger partial charge in [-0.05, 0) is 147 Å². The molecule has 4 aliphatic rings. The number of hydrogen-bond donors (Lipinski definition) is 8. The number of amides is 5. The standard InChI is InChI=1S/C19H20ClF3N4O2.C14H13ClFN3O.C13H12ClFN4O.C8H10IN3O.C6H5BClFO2.C5H8F2O2.CH4/c1-19(2,18(22)23)8-14(28)26-5-6-27-13(9-26)15(17(24)29)16(25-27)10-3-4-12(21)11(20)7-10;15-9-7-8(4-5-10(9)16)13-12(14(17)20)11-3-1-2-6-19(11)18-13;14-8-5-7(1-2-9(8)15)12-11(13(16)20)10-6-17-3-4-19(10)18-12;9-7-6(8(10)13)5-3-1-2-4-12(5)11-7;8-5-3-4(7(10)11)1-2-6(5)9;1-5(2,3(6)7)4(8)9;/h3-4,7,18H,5-6,8-9H2,1-2H3,(H2,24,29);4-5,7H,1-3,6H2,(H2,17,20);1-2,5,17H,3-4,6H2,(H2,16,20);1-4H2,(H2,10,13);1-3,10-11H;3H,1-2H3,(H,8,9);1H4. The lowest BCUT2D eigenvalue weighted by molar-refractivity contribution is -0.155. The molecule has 0 unspecified atom stereocenters. The minimum atomic E-state index is -2.81. The normalized spacial score (nSPS) is 13.5. The number of benzene rings is 4. The molecule has 37 heteroatoms. The number of carboxylic acid groups (broad SMARTS) is 1. The number of nitrogens with one attached hydrogen (secondary N) is 1. The Morgan fingerprint density at radius 3 is 1.32 bits per heavy atom. The summed E-state index contributed by atoms with van der Waals surface area (Å²) in [5.74, 6) is -6.29. The second-order valence-corrected chi connectivity index (χ2v) is 27.3. The van der Waals surface area contributed by atoms with Crippen molar-refractivity contribution in [3.8, 4) is 33.8 Å². The molecule has 554 valence electrons. The van der Waals surface area contributed by atoms with E-state index in [2.05, 4.69) is 48.3 Å². The van der Waals surface area contributed by atoms with Gasteiger partial charge in [-0.15, -0.1) is 0 Å². The quantitative estimate of drug-likeness (QED) is 0.0302. The van der Waals surface area contributed by atoms with Crippen LogP contribution in [-0.2, 0) is 61.7 Å². The molecule has 4 aromatic carbocycles. The van der Waals surface area contributed by atoms with E-state index in [9.17, 15) is 63.9 Å². The van der Waals surface area contributed by atoms with E-state index in [1.54, 1.807) is 15.4 Å². The van der Waals surface area contributed by atoms with Crippen molar-refractivity contribution in [3.05, 3.63) is 165 Å². The fraction of sp³-hybridized carbons (Fsp3) is 0.364. The number of carbonyl (C=O) groups excluding carboxylic acids is 5. The molecule has 0 aliphatic carbocycles. The fourth-order valence-electron chi connectivity index (χ4n) is 10.6. The van der Waals surface area contributed by atoms with Gasteiger partial charge in [-0.1, -0.05) is 73.7 Å². The van der Waals surface area contributed by atoms with Crippen molar-refractivity contribution in [2.45, 2.75) is 132 Å². The van der Waals surface area contributed by atoms with E-state index in [0.29, 0.717) is 63.6 Å². The number of carboxylic acids is 1. The summed E-state index contributed by atoms with van der Waals surface area (Å²) in [6.07, 6.45) is 0.226. The Bertz CT molecular complexity index is 4340. The van der Waals surface area contributed by atoms with E-state index < -0.39 is 83.7 Å². The van der Waals surface area contributed by atoms with Crippen molar-refractivity contribution < 1.29 is 79.0 Å². The molecule has 0 spiro atoms.